The predicted molar refractivity (Wildman–Crippen MR) is 117 cm³/mol. The highest BCUT2D eigenvalue weighted by Gasteiger charge is 2.23. The van der Waals surface area contributed by atoms with Crippen molar-refractivity contribution in [2.75, 3.05) is 26.2 Å². The minimum atomic E-state index is 0.0801. The van der Waals surface area contributed by atoms with Gasteiger partial charge in [-0.1, -0.05) is 47.4 Å². The molecule has 1 aliphatic heterocycles. The van der Waals surface area contributed by atoms with Gasteiger partial charge in [0.2, 0.25) is 0 Å². The molecule has 0 N–H and O–H groups in total. The van der Waals surface area contributed by atoms with Gasteiger partial charge in [0.15, 0.2) is 5.82 Å². The summed E-state index contributed by atoms with van der Waals surface area (Å²) in [5.41, 5.74) is 2.63. The second-order valence-corrected chi connectivity index (χ2v) is 8.10. The second-order valence-electron chi connectivity index (χ2n) is 7.26. The summed E-state index contributed by atoms with van der Waals surface area (Å²) in [7, 11) is 0. The summed E-state index contributed by atoms with van der Waals surface area (Å²) < 4.78 is 5.37. The van der Waals surface area contributed by atoms with Crippen LogP contribution in [0, 0.1) is 0 Å². The van der Waals surface area contributed by atoms with E-state index < -0.39 is 0 Å². The van der Waals surface area contributed by atoms with Crippen LogP contribution < -0.4 is 0 Å². The third kappa shape index (κ3) is 4.67. The number of rotatable bonds is 5. The number of aromatic nitrogens is 2. The maximum Gasteiger partial charge on any atom is 0.259 e. The van der Waals surface area contributed by atoms with E-state index in [2.05, 4.69) is 22.0 Å². The van der Waals surface area contributed by atoms with E-state index in [4.69, 9.17) is 27.7 Å². The summed E-state index contributed by atoms with van der Waals surface area (Å²) in [5, 5.41) is 5.09. The Balaban J connectivity index is 1.34. The van der Waals surface area contributed by atoms with Crippen LogP contribution in [0.4, 0.5) is 0 Å². The fourth-order valence-corrected chi connectivity index (χ4v) is 3.95. The maximum absolute atomic E-state index is 12.7. The number of nitrogens with zero attached hydrogens (tertiary/aromatic N) is 4. The lowest BCUT2D eigenvalue weighted by molar-refractivity contribution is 0.0624. The highest BCUT2D eigenvalue weighted by molar-refractivity contribution is 6.36. The van der Waals surface area contributed by atoms with Gasteiger partial charge in [0.05, 0.1) is 17.1 Å². The number of benzene rings is 2. The number of carbonyl (C=O) groups excluding carboxylic acids is 1. The Kier molecular flexibility index (Phi) is 6.37. The van der Waals surface area contributed by atoms with Crippen LogP contribution in [-0.2, 0) is 13.0 Å². The first kappa shape index (κ1) is 20.8. The first-order valence-electron chi connectivity index (χ1n) is 9.92. The van der Waals surface area contributed by atoms with E-state index in [1.807, 2.05) is 29.2 Å². The number of piperazine rings is 1. The Labute approximate surface area is 185 Å². The van der Waals surface area contributed by atoms with Crippen molar-refractivity contribution in [2.45, 2.75) is 19.9 Å². The summed E-state index contributed by atoms with van der Waals surface area (Å²) >= 11 is 12.2. The zero-order valence-corrected chi connectivity index (χ0v) is 18.2. The van der Waals surface area contributed by atoms with Gasteiger partial charge in [-0.25, -0.2) is 0 Å². The molecule has 0 aliphatic carbocycles. The molecule has 0 bridgehead atoms. The van der Waals surface area contributed by atoms with Crippen molar-refractivity contribution in [1.29, 1.82) is 0 Å². The first-order valence-corrected chi connectivity index (χ1v) is 10.7. The molecule has 1 aromatic heterocycles. The van der Waals surface area contributed by atoms with Gasteiger partial charge in [-0.15, -0.1) is 0 Å². The van der Waals surface area contributed by atoms with Gasteiger partial charge in [-0.2, -0.15) is 4.98 Å². The number of halogens is 2. The Hall–Kier alpha value is -2.41. The lowest BCUT2D eigenvalue weighted by Gasteiger charge is -2.34. The van der Waals surface area contributed by atoms with Crippen LogP contribution in [0.5, 0.6) is 0 Å². The van der Waals surface area contributed by atoms with Gasteiger partial charge in [0, 0.05) is 36.8 Å². The Morgan fingerprint density at radius 2 is 1.80 bits per heavy atom. The van der Waals surface area contributed by atoms with Crippen molar-refractivity contribution in [3.8, 4) is 11.5 Å². The molecule has 1 fully saturated rings. The van der Waals surface area contributed by atoms with E-state index in [0.29, 0.717) is 47.0 Å². The lowest BCUT2D eigenvalue weighted by atomic mass is 10.1. The number of amides is 1. The van der Waals surface area contributed by atoms with Crippen molar-refractivity contribution in [3.63, 3.8) is 0 Å². The molecule has 0 saturated carbocycles. The van der Waals surface area contributed by atoms with Crippen LogP contribution in [0.15, 0.2) is 47.0 Å². The molecule has 1 saturated heterocycles. The maximum atomic E-state index is 12.7. The molecule has 0 spiro atoms. The molecule has 0 atom stereocenters. The molecule has 8 heteroatoms. The van der Waals surface area contributed by atoms with Gasteiger partial charge in [0.25, 0.3) is 11.8 Å². The molecule has 2 heterocycles. The van der Waals surface area contributed by atoms with Crippen molar-refractivity contribution in [3.05, 3.63) is 69.5 Å². The van der Waals surface area contributed by atoms with Crippen molar-refractivity contribution in [2.24, 2.45) is 0 Å². The summed E-state index contributed by atoms with van der Waals surface area (Å²) in [6.45, 7) is 5.51. The molecular weight excluding hydrogens is 423 g/mol. The van der Waals surface area contributed by atoms with Gasteiger partial charge in [0.1, 0.15) is 0 Å². The molecule has 0 radical (unpaired) electrons. The molecule has 6 nitrogen and oxygen atoms in total. The SMILES string of the molecule is CCc1ccc(C(=O)N2CCN(Cc3noc(-c4ccc(Cl)cc4Cl)n3)CC2)cc1. The summed E-state index contributed by atoms with van der Waals surface area (Å²) in [6.07, 6.45) is 0.967. The topological polar surface area (TPSA) is 62.5 Å². The number of hydrogen-bond donors (Lipinski definition) is 0. The average molecular weight is 445 g/mol. The van der Waals surface area contributed by atoms with E-state index in [1.165, 1.54) is 5.56 Å². The zero-order valence-electron chi connectivity index (χ0n) is 16.6. The molecule has 30 heavy (non-hydrogen) atoms. The zero-order chi connectivity index (χ0) is 21.1. The monoisotopic (exact) mass is 444 g/mol. The summed E-state index contributed by atoms with van der Waals surface area (Å²) in [6, 6.07) is 13.0. The van der Waals surface area contributed by atoms with Crippen molar-refractivity contribution in [1.82, 2.24) is 19.9 Å². The quantitative estimate of drug-likeness (QED) is 0.576. The van der Waals surface area contributed by atoms with E-state index in [0.717, 1.165) is 25.1 Å². The third-order valence-electron chi connectivity index (χ3n) is 5.26. The fourth-order valence-electron chi connectivity index (χ4n) is 3.47. The summed E-state index contributed by atoms with van der Waals surface area (Å²) in [4.78, 5) is 21.3. The normalized spacial score (nSPS) is 14.8. The van der Waals surface area contributed by atoms with E-state index in [1.54, 1.807) is 18.2 Å². The number of hydrogen-bond acceptors (Lipinski definition) is 5. The molecule has 1 amide bonds. The molecule has 4 rings (SSSR count). The van der Waals surface area contributed by atoms with Gasteiger partial charge in [-0.05, 0) is 42.3 Å². The smallest absolute Gasteiger partial charge is 0.259 e. The van der Waals surface area contributed by atoms with E-state index in [-0.39, 0.29) is 5.91 Å². The van der Waals surface area contributed by atoms with Crippen LogP contribution in [-0.4, -0.2) is 52.0 Å². The molecule has 156 valence electrons. The van der Waals surface area contributed by atoms with Crippen molar-refractivity contribution < 1.29 is 9.32 Å². The predicted octanol–water partition coefficient (Wildman–Crippen LogP) is 4.56. The Bertz CT molecular complexity index is 1030. The van der Waals surface area contributed by atoms with Crippen LogP contribution in [0.2, 0.25) is 10.0 Å². The highest BCUT2D eigenvalue weighted by atomic mass is 35.5. The average Bonchev–Trinajstić information content (AvgIpc) is 3.22. The molecule has 1 aliphatic rings. The first-order chi connectivity index (χ1) is 14.5. The molecule has 3 aromatic rings. The fraction of sp³-hybridized carbons (Fsp3) is 0.318. The number of carbonyl (C=O) groups is 1. The van der Waals surface area contributed by atoms with E-state index >= 15 is 0 Å². The Morgan fingerprint density at radius 3 is 2.47 bits per heavy atom. The highest BCUT2D eigenvalue weighted by Crippen LogP contribution is 2.29. The summed E-state index contributed by atoms with van der Waals surface area (Å²) in [5.74, 6) is 1.04. The lowest BCUT2D eigenvalue weighted by Crippen LogP contribution is -2.48. The molecular formula is C22H22Cl2N4O2. The van der Waals surface area contributed by atoms with Crippen LogP contribution in [0.25, 0.3) is 11.5 Å². The molecule has 2 aromatic carbocycles. The Morgan fingerprint density at radius 1 is 1.07 bits per heavy atom. The van der Waals surface area contributed by atoms with Crippen molar-refractivity contribution >= 4 is 29.1 Å². The van der Waals surface area contributed by atoms with Crippen LogP contribution in [0.3, 0.4) is 0 Å². The van der Waals surface area contributed by atoms with Gasteiger partial charge in [-0.3, -0.25) is 9.69 Å². The second kappa shape index (κ2) is 9.16. The van der Waals surface area contributed by atoms with E-state index in [9.17, 15) is 4.79 Å². The van der Waals surface area contributed by atoms with Gasteiger partial charge >= 0.3 is 0 Å². The molecule has 0 unspecified atom stereocenters. The van der Waals surface area contributed by atoms with Crippen LogP contribution >= 0.6 is 23.2 Å². The minimum absolute atomic E-state index is 0.0801. The number of aryl methyl sites for hydroxylation is 1. The standard InChI is InChI=1S/C22H22Cl2N4O2/c1-2-15-3-5-16(6-4-15)22(29)28-11-9-27(10-12-28)14-20-25-21(30-26-20)18-8-7-17(23)13-19(18)24/h3-8,13H,2,9-12,14H2,1H3. The van der Waals surface area contributed by atoms with Crippen LogP contribution in [0.1, 0.15) is 28.7 Å². The largest absolute Gasteiger partial charge is 0.336 e. The minimum Gasteiger partial charge on any atom is -0.336 e. The third-order valence-corrected chi connectivity index (χ3v) is 5.81. The van der Waals surface area contributed by atoms with Gasteiger partial charge < -0.3 is 9.42 Å².